The van der Waals surface area contributed by atoms with E-state index in [-0.39, 0.29) is 5.15 Å². The summed E-state index contributed by atoms with van der Waals surface area (Å²) in [5.41, 5.74) is 0.594. The van der Waals surface area contributed by atoms with E-state index in [4.69, 9.17) is 11.6 Å². The molecule has 0 amide bonds. The zero-order valence-electron chi connectivity index (χ0n) is 9.89. The molecular formula is C13H7ClF3N3. The molecule has 3 rings (SSSR count). The van der Waals surface area contributed by atoms with Gasteiger partial charge in [-0.05, 0) is 23.8 Å². The third-order valence-electron chi connectivity index (χ3n) is 2.84. The molecule has 102 valence electrons. The maximum atomic E-state index is 12.7. The second-order valence-electron chi connectivity index (χ2n) is 4.16. The molecule has 0 spiro atoms. The lowest BCUT2D eigenvalue weighted by Crippen LogP contribution is -2.04. The van der Waals surface area contributed by atoms with Crippen molar-refractivity contribution in [3.63, 3.8) is 0 Å². The zero-order chi connectivity index (χ0) is 14.3. The van der Waals surface area contributed by atoms with Gasteiger partial charge in [-0.15, -0.1) is 0 Å². The molecule has 20 heavy (non-hydrogen) atoms. The van der Waals surface area contributed by atoms with Crippen molar-refractivity contribution in [1.82, 2.24) is 14.6 Å². The van der Waals surface area contributed by atoms with Gasteiger partial charge < -0.3 is 0 Å². The molecule has 0 bridgehead atoms. The molecule has 0 aliphatic carbocycles. The van der Waals surface area contributed by atoms with Crippen LogP contribution in [-0.2, 0) is 6.18 Å². The second kappa shape index (κ2) is 4.49. The summed E-state index contributed by atoms with van der Waals surface area (Å²) in [6.07, 6.45) is -1.32. The minimum atomic E-state index is -4.38. The number of alkyl halides is 3. The molecule has 7 heteroatoms. The van der Waals surface area contributed by atoms with Gasteiger partial charge in [0.15, 0.2) is 5.65 Å². The molecule has 0 N–H and O–H groups in total. The Morgan fingerprint density at radius 1 is 1.15 bits per heavy atom. The fraction of sp³-hybridized carbons (Fsp3) is 0.0769. The minimum absolute atomic E-state index is 0.256. The topological polar surface area (TPSA) is 30.2 Å². The lowest BCUT2D eigenvalue weighted by atomic mass is 10.1. The van der Waals surface area contributed by atoms with Crippen LogP contribution in [-0.4, -0.2) is 14.6 Å². The average Bonchev–Trinajstić information content (AvgIpc) is 2.81. The van der Waals surface area contributed by atoms with E-state index in [1.54, 1.807) is 18.3 Å². The van der Waals surface area contributed by atoms with Crippen LogP contribution in [0.3, 0.4) is 0 Å². The van der Waals surface area contributed by atoms with E-state index >= 15 is 0 Å². The van der Waals surface area contributed by atoms with Crippen molar-refractivity contribution in [3.8, 4) is 11.1 Å². The molecule has 0 atom stereocenters. The Kier molecular flexibility index (Phi) is 2.90. The van der Waals surface area contributed by atoms with E-state index in [1.165, 1.54) is 16.8 Å². The Morgan fingerprint density at radius 2 is 1.95 bits per heavy atom. The Hall–Kier alpha value is -2.08. The normalized spacial score (nSPS) is 12.0. The van der Waals surface area contributed by atoms with Crippen molar-refractivity contribution in [2.24, 2.45) is 0 Å². The van der Waals surface area contributed by atoms with Crippen LogP contribution < -0.4 is 0 Å². The maximum absolute atomic E-state index is 12.7. The summed E-state index contributed by atoms with van der Waals surface area (Å²) < 4.78 is 39.6. The minimum Gasteiger partial charge on any atom is -0.222 e. The summed E-state index contributed by atoms with van der Waals surface area (Å²) in [5.74, 6) is 0. The molecule has 3 aromatic rings. The molecule has 0 aliphatic rings. The number of fused-ring (bicyclic) bond motifs is 1. The summed E-state index contributed by atoms with van der Waals surface area (Å²) >= 11 is 5.81. The number of benzene rings is 1. The van der Waals surface area contributed by atoms with E-state index in [2.05, 4.69) is 10.1 Å². The summed E-state index contributed by atoms with van der Waals surface area (Å²) in [7, 11) is 0. The maximum Gasteiger partial charge on any atom is 0.416 e. The van der Waals surface area contributed by atoms with Crippen molar-refractivity contribution in [2.75, 3.05) is 0 Å². The van der Waals surface area contributed by atoms with Crippen molar-refractivity contribution in [3.05, 3.63) is 53.4 Å². The van der Waals surface area contributed by atoms with Crippen LogP contribution in [0.1, 0.15) is 5.56 Å². The zero-order valence-corrected chi connectivity index (χ0v) is 10.7. The highest BCUT2D eigenvalue weighted by molar-refractivity contribution is 6.29. The molecule has 2 heterocycles. The van der Waals surface area contributed by atoms with Gasteiger partial charge in [0.25, 0.3) is 0 Å². The number of aromatic nitrogens is 3. The summed E-state index contributed by atoms with van der Waals surface area (Å²) in [6.45, 7) is 0. The van der Waals surface area contributed by atoms with Gasteiger partial charge in [0.1, 0.15) is 5.15 Å². The van der Waals surface area contributed by atoms with E-state index < -0.39 is 11.7 Å². The molecular weight excluding hydrogens is 291 g/mol. The highest BCUT2D eigenvalue weighted by Gasteiger charge is 2.30. The van der Waals surface area contributed by atoms with E-state index in [9.17, 15) is 13.2 Å². The van der Waals surface area contributed by atoms with Crippen LogP contribution in [0.5, 0.6) is 0 Å². The molecule has 0 aliphatic heterocycles. The van der Waals surface area contributed by atoms with Gasteiger partial charge in [0, 0.05) is 11.8 Å². The predicted molar refractivity (Wildman–Crippen MR) is 68.4 cm³/mol. The van der Waals surface area contributed by atoms with Gasteiger partial charge in [-0.3, -0.25) is 0 Å². The van der Waals surface area contributed by atoms with E-state index in [1.807, 2.05) is 0 Å². The fourth-order valence-electron chi connectivity index (χ4n) is 1.91. The lowest BCUT2D eigenvalue weighted by molar-refractivity contribution is -0.137. The van der Waals surface area contributed by atoms with Crippen LogP contribution in [0.4, 0.5) is 13.2 Å². The Labute approximate surface area is 116 Å². The number of nitrogens with zero attached hydrogens (tertiary/aromatic N) is 3. The van der Waals surface area contributed by atoms with Gasteiger partial charge in [-0.2, -0.15) is 18.3 Å². The Morgan fingerprint density at radius 3 is 2.70 bits per heavy atom. The molecule has 3 nitrogen and oxygen atoms in total. The Bertz CT molecular complexity index is 780. The summed E-state index contributed by atoms with van der Waals surface area (Å²) in [4.78, 5) is 4.09. The number of halogens is 4. The fourth-order valence-corrected chi connectivity index (χ4v) is 2.05. The number of hydrogen-bond donors (Lipinski definition) is 0. The molecule has 0 fully saturated rings. The first kappa shape index (κ1) is 12.9. The molecule has 0 saturated carbocycles. The van der Waals surface area contributed by atoms with Crippen molar-refractivity contribution < 1.29 is 13.2 Å². The molecule has 1 aromatic carbocycles. The van der Waals surface area contributed by atoms with Gasteiger partial charge in [-0.1, -0.05) is 23.7 Å². The van der Waals surface area contributed by atoms with E-state index in [0.717, 1.165) is 12.1 Å². The SMILES string of the molecule is FC(F)(F)c1cccc(-c2cnn3ccc(Cl)nc23)c1. The standard InChI is InChI=1S/C13H7ClF3N3/c14-11-4-5-20-12(19-11)10(7-18-20)8-2-1-3-9(6-8)13(15,16)17/h1-7H. The van der Waals surface area contributed by atoms with E-state index in [0.29, 0.717) is 16.8 Å². The van der Waals surface area contributed by atoms with Crippen LogP contribution in [0.25, 0.3) is 16.8 Å². The predicted octanol–water partition coefficient (Wildman–Crippen LogP) is 4.07. The number of rotatable bonds is 1. The highest BCUT2D eigenvalue weighted by Crippen LogP contribution is 2.33. The lowest BCUT2D eigenvalue weighted by Gasteiger charge is -2.07. The van der Waals surface area contributed by atoms with Gasteiger partial charge in [0.2, 0.25) is 0 Å². The van der Waals surface area contributed by atoms with Crippen molar-refractivity contribution in [2.45, 2.75) is 6.18 Å². The van der Waals surface area contributed by atoms with Crippen LogP contribution in [0, 0.1) is 0 Å². The van der Waals surface area contributed by atoms with Crippen LogP contribution >= 0.6 is 11.6 Å². The molecule has 2 aromatic heterocycles. The van der Waals surface area contributed by atoms with Gasteiger partial charge in [-0.25, -0.2) is 9.50 Å². The highest BCUT2D eigenvalue weighted by atomic mass is 35.5. The third kappa shape index (κ3) is 2.22. The monoisotopic (exact) mass is 297 g/mol. The van der Waals surface area contributed by atoms with Crippen molar-refractivity contribution in [1.29, 1.82) is 0 Å². The molecule has 0 unspecified atom stereocenters. The largest absolute Gasteiger partial charge is 0.416 e. The first-order valence-corrected chi connectivity index (χ1v) is 6.00. The van der Waals surface area contributed by atoms with Gasteiger partial charge >= 0.3 is 6.18 Å². The molecule has 0 saturated heterocycles. The number of hydrogen-bond acceptors (Lipinski definition) is 2. The molecule has 0 radical (unpaired) electrons. The third-order valence-corrected chi connectivity index (χ3v) is 3.05. The first-order valence-electron chi connectivity index (χ1n) is 5.63. The van der Waals surface area contributed by atoms with Crippen LogP contribution in [0.2, 0.25) is 5.15 Å². The smallest absolute Gasteiger partial charge is 0.222 e. The quantitative estimate of drug-likeness (QED) is 0.634. The first-order chi connectivity index (χ1) is 9.45. The summed E-state index contributed by atoms with van der Waals surface area (Å²) in [6, 6.07) is 6.58. The average molecular weight is 298 g/mol. The van der Waals surface area contributed by atoms with Gasteiger partial charge in [0.05, 0.1) is 11.8 Å². The van der Waals surface area contributed by atoms with Crippen LogP contribution in [0.15, 0.2) is 42.7 Å². The summed E-state index contributed by atoms with van der Waals surface area (Å²) in [5, 5.41) is 4.30. The second-order valence-corrected chi connectivity index (χ2v) is 4.54. The van der Waals surface area contributed by atoms with Crippen molar-refractivity contribution >= 4 is 17.2 Å². The Balaban J connectivity index is 2.18.